The number of ether oxygens (including phenoxy) is 1. The van der Waals surface area contributed by atoms with E-state index in [0.29, 0.717) is 5.75 Å². The summed E-state index contributed by atoms with van der Waals surface area (Å²) in [6, 6.07) is 5.60. The van der Waals surface area contributed by atoms with Crippen LogP contribution in [0.15, 0.2) is 24.3 Å². The molecule has 0 aliphatic carbocycles. The minimum absolute atomic E-state index is 0.00105. The predicted molar refractivity (Wildman–Crippen MR) is 67.1 cm³/mol. The van der Waals surface area contributed by atoms with Gasteiger partial charge in [0, 0.05) is 11.0 Å². The van der Waals surface area contributed by atoms with Gasteiger partial charge in [-0.1, -0.05) is 12.1 Å². The van der Waals surface area contributed by atoms with Crippen molar-refractivity contribution in [3.8, 4) is 5.75 Å². The van der Waals surface area contributed by atoms with Crippen LogP contribution >= 0.6 is 11.8 Å². The highest BCUT2D eigenvalue weighted by molar-refractivity contribution is 7.99. The number of rotatable bonds is 6. The zero-order valence-electron chi connectivity index (χ0n) is 10.2. The molecule has 0 saturated heterocycles. The van der Waals surface area contributed by atoms with Crippen molar-refractivity contribution in [3.63, 3.8) is 0 Å². The molecule has 0 amide bonds. The molecule has 7 heteroatoms. The van der Waals surface area contributed by atoms with Crippen LogP contribution in [0.2, 0.25) is 0 Å². The fraction of sp³-hybridized carbons (Fsp3) is 0.500. The van der Waals surface area contributed by atoms with Gasteiger partial charge in [0.1, 0.15) is 5.75 Å². The van der Waals surface area contributed by atoms with Gasteiger partial charge < -0.3 is 14.9 Å². The quantitative estimate of drug-likeness (QED) is 0.847. The molecule has 2 N–H and O–H groups in total. The Kier molecular flexibility index (Phi) is 5.96. The summed E-state index contributed by atoms with van der Waals surface area (Å²) in [6.45, 7) is 1.56. The first kappa shape index (κ1) is 16.1. The molecule has 1 aromatic rings. The van der Waals surface area contributed by atoms with Gasteiger partial charge >= 0.3 is 6.36 Å². The lowest BCUT2D eigenvalue weighted by Gasteiger charge is -2.15. The number of aliphatic hydroxyl groups excluding tert-OH is 2. The van der Waals surface area contributed by atoms with Crippen molar-refractivity contribution in [3.05, 3.63) is 29.8 Å². The van der Waals surface area contributed by atoms with Crippen LogP contribution in [0.25, 0.3) is 0 Å². The first-order valence-corrected chi connectivity index (χ1v) is 6.63. The second kappa shape index (κ2) is 7.02. The largest absolute Gasteiger partial charge is 0.573 e. The Morgan fingerprint density at radius 1 is 1.26 bits per heavy atom. The van der Waals surface area contributed by atoms with Gasteiger partial charge in [-0.25, -0.2) is 0 Å². The zero-order valence-corrected chi connectivity index (χ0v) is 11.0. The lowest BCUT2D eigenvalue weighted by atomic mass is 10.1. The Labute approximate surface area is 113 Å². The number of hydrogen-bond donors (Lipinski definition) is 2. The van der Waals surface area contributed by atoms with E-state index in [1.165, 1.54) is 23.9 Å². The first-order chi connectivity index (χ1) is 8.81. The Balaban J connectivity index is 2.55. The van der Waals surface area contributed by atoms with Crippen LogP contribution in [0.3, 0.4) is 0 Å². The molecule has 0 spiro atoms. The molecule has 0 radical (unpaired) electrons. The SMILES string of the molecule is CC(SCC(O)CO)c1ccc(OC(F)(F)F)cc1. The molecule has 0 aliphatic heterocycles. The van der Waals surface area contributed by atoms with Gasteiger partial charge in [-0.2, -0.15) is 11.8 Å². The summed E-state index contributed by atoms with van der Waals surface area (Å²) >= 11 is 1.41. The van der Waals surface area contributed by atoms with Crippen molar-refractivity contribution in [2.75, 3.05) is 12.4 Å². The van der Waals surface area contributed by atoms with E-state index in [1.807, 2.05) is 6.92 Å². The predicted octanol–water partition coefficient (Wildman–Crippen LogP) is 2.73. The summed E-state index contributed by atoms with van der Waals surface area (Å²) in [5.41, 5.74) is 0.824. The highest BCUT2D eigenvalue weighted by atomic mass is 32.2. The summed E-state index contributed by atoms with van der Waals surface area (Å²) in [7, 11) is 0. The van der Waals surface area contributed by atoms with E-state index in [4.69, 9.17) is 5.11 Å². The molecule has 0 fully saturated rings. The molecule has 1 rings (SSSR count). The Hall–Kier alpha value is -0.920. The summed E-state index contributed by atoms with van der Waals surface area (Å²) in [5.74, 6) is 0.0993. The standard InChI is InChI=1S/C12H15F3O3S/c1-8(19-7-10(17)6-16)9-2-4-11(5-3-9)18-12(13,14)15/h2-5,8,10,16-17H,6-7H2,1H3. The van der Waals surface area contributed by atoms with E-state index in [-0.39, 0.29) is 17.6 Å². The maximum Gasteiger partial charge on any atom is 0.573 e. The lowest BCUT2D eigenvalue weighted by Crippen LogP contribution is -2.17. The van der Waals surface area contributed by atoms with Crippen LogP contribution in [-0.2, 0) is 0 Å². The molecule has 2 atom stereocenters. The van der Waals surface area contributed by atoms with Crippen LogP contribution in [0.1, 0.15) is 17.7 Å². The smallest absolute Gasteiger partial charge is 0.406 e. The van der Waals surface area contributed by atoms with Crippen molar-refractivity contribution in [1.82, 2.24) is 0 Å². The highest BCUT2D eigenvalue weighted by Gasteiger charge is 2.31. The van der Waals surface area contributed by atoms with Gasteiger partial charge in [0.15, 0.2) is 0 Å². The van der Waals surface area contributed by atoms with Gasteiger partial charge in [-0.15, -0.1) is 13.2 Å². The molecule has 0 aliphatic rings. The van der Waals surface area contributed by atoms with E-state index < -0.39 is 12.5 Å². The third kappa shape index (κ3) is 6.17. The Morgan fingerprint density at radius 2 is 1.84 bits per heavy atom. The number of halogens is 3. The molecule has 3 nitrogen and oxygen atoms in total. The Bertz CT molecular complexity index is 381. The van der Waals surface area contributed by atoms with Crippen LogP contribution in [-0.4, -0.2) is 35.0 Å². The van der Waals surface area contributed by atoms with E-state index in [9.17, 15) is 18.3 Å². The number of benzene rings is 1. The van der Waals surface area contributed by atoms with Gasteiger partial charge in [-0.3, -0.25) is 0 Å². The van der Waals surface area contributed by atoms with Gasteiger partial charge in [0.2, 0.25) is 0 Å². The fourth-order valence-corrected chi connectivity index (χ4v) is 2.31. The average molecular weight is 296 g/mol. The van der Waals surface area contributed by atoms with Crippen LogP contribution in [0, 0.1) is 0 Å². The molecular weight excluding hydrogens is 281 g/mol. The van der Waals surface area contributed by atoms with Gasteiger partial charge in [0.05, 0.1) is 12.7 Å². The molecule has 0 aromatic heterocycles. The maximum absolute atomic E-state index is 12.0. The molecular formula is C12H15F3O3S. The van der Waals surface area contributed by atoms with Crippen molar-refractivity contribution >= 4 is 11.8 Å². The van der Waals surface area contributed by atoms with Crippen molar-refractivity contribution in [2.24, 2.45) is 0 Å². The second-order valence-electron chi connectivity index (χ2n) is 3.93. The number of aliphatic hydroxyl groups is 2. The average Bonchev–Trinajstić information content (AvgIpc) is 2.34. The van der Waals surface area contributed by atoms with Crippen molar-refractivity contribution < 1.29 is 28.1 Å². The topological polar surface area (TPSA) is 49.7 Å². The molecule has 2 unspecified atom stereocenters. The minimum Gasteiger partial charge on any atom is -0.406 e. The minimum atomic E-state index is -4.69. The van der Waals surface area contributed by atoms with Crippen molar-refractivity contribution in [2.45, 2.75) is 24.6 Å². The number of alkyl halides is 3. The van der Waals surface area contributed by atoms with Crippen LogP contribution in [0.5, 0.6) is 5.75 Å². The third-order valence-corrected chi connectivity index (χ3v) is 3.68. The fourth-order valence-electron chi connectivity index (χ4n) is 1.34. The summed E-state index contributed by atoms with van der Waals surface area (Å²) in [6.07, 6.45) is -5.48. The van der Waals surface area contributed by atoms with E-state index in [0.717, 1.165) is 5.56 Å². The van der Waals surface area contributed by atoms with E-state index in [2.05, 4.69) is 4.74 Å². The summed E-state index contributed by atoms with van der Waals surface area (Å²) < 4.78 is 39.7. The van der Waals surface area contributed by atoms with Crippen LogP contribution in [0.4, 0.5) is 13.2 Å². The number of thioether (sulfide) groups is 1. The van der Waals surface area contributed by atoms with E-state index in [1.54, 1.807) is 12.1 Å². The summed E-state index contributed by atoms with van der Waals surface area (Å²) in [5, 5.41) is 17.9. The molecule has 108 valence electrons. The van der Waals surface area contributed by atoms with Gasteiger partial charge in [-0.05, 0) is 24.6 Å². The molecule has 0 saturated carbocycles. The summed E-state index contributed by atoms with van der Waals surface area (Å²) in [4.78, 5) is 0. The normalized spacial score (nSPS) is 15.1. The third-order valence-electron chi connectivity index (χ3n) is 2.33. The second-order valence-corrected chi connectivity index (χ2v) is 5.30. The van der Waals surface area contributed by atoms with E-state index >= 15 is 0 Å². The zero-order chi connectivity index (χ0) is 14.5. The molecule has 1 aromatic carbocycles. The first-order valence-electron chi connectivity index (χ1n) is 5.58. The van der Waals surface area contributed by atoms with Gasteiger partial charge in [0.25, 0.3) is 0 Å². The molecule has 19 heavy (non-hydrogen) atoms. The van der Waals surface area contributed by atoms with Crippen LogP contribution < -0.4 is 4.74 Å². The lowest BCUT2D eigenvalue weighted by molar-refractivity contribution is -0.274. The highest BCUT2D eigenvalue weighted by Crippen LogP contribution is 2.30. The maximum atomic E-state index is 12.0. The number of hydrogen-bond acceptors (Lipinski definition) is 4. The molecule has 0 bridgehead atoms. The molecule has 0 heterocycles. The monoisotopic (exact) mass is 296 g/mol. The Morgan fingerprint density at radius 3 is 2.32 bits per heavy atom. The van der Waals surface area contributed by atoms with Crippen molar-refractivity contribution in [1.29, 1.82) is 0 Å².